The number of aromatic nitrogens is 1. The van der Waals surface area contributed by atoms with Gasteiger partial charge in [-0.15, -0.1) is 0 Å². The SMILES string of the molecule is CC1=C(C(=O)OC(C)C)C(c2ccccc2)n2c(sc(=Cc3ccc(-c4ccc([N+](=O)[O-])cc4C)o3)c2=O)=N1. The molecule has 5 rings (SSSR count). The number of esters is 1. The lowest BCUT2D eigenvalue weighted by atomic mass is 9.96. The standard InChI is InChI=1S/C29H25N3O6S/c1-16(2)37-28(34)25-18(4)30-29-31(26(25)19-8-6-5-7-9-19)27(33)24(39-29)15-21-11-13-23(38-21)22-12-10-20(32(35)36)14-17(22)3/h5-16,26H,1-4H3. The van der Waals surface area contributed by atoms with Crippen LogP contribution in [0.3, 0.4) is 0 Å². The number of carbonyl (C=O) groups excluding carboxylic acids is 1. The second kappa shape index (κ2) is 10.3. The Morgan fingerprint density at radius 3 is 2.56 bits per heavy atom. The van der Waals surface area contributed by atoms with Crippen LogP contribution in [0.25, 0.3) is 17.4 Å². The summed E-state index contributed by atoms with van der Waals surface area (Å²) in [5.74, 6) is 0.459. The number of non-ortho nitro benzene ring substituents is 1. The molecular formula is C29H25N3O6S. The number of nitrogens with zero attached hydrogens (tertiary/aromatic N) is 3. The van der Waals surface area contributed by atoms with Crippen LogP contribution in [0, 0.1) is 17.0 Å². The van der Waals surface area contributed by atoms with E-state index in [1.807, 2.05) is 30.3 Å². The molecule has 2 aromatic carbocycles. The fraction of sp³-hybridized carbons (Fsp3) is 0.207. The number of ether oxygens (including phenoxy) is 1. The molecule has 0 radical (unpaired) electrons. The van der Waals surface area contributed by atoms with Crippen LogP contribution in [0.2, 0.25) is 0 Å². The number of allylic oxidation sites excluding steroid dienone is 1. The highest BCUT2D eigenvalue weighted by Gasteiger charge is 2.33. The predicted molar refractivity (Wildman–Crippen MR) is 147 cm³/mol. The Morgan fingerprint density at radius 1 is 1.15 bits per heavy atom. The fourth-order valence-corrected chi connectivity index (χ4v) is 5.58. The number of carbonyl (C=O) groups is 1. The molecule has 198 valence electrons. The van der Waals surface area contributed by atoms with Crippen molar-refractivity contribution >= 4 is 29.1 Å². The van der Waals surface area contributed by atoms with Crippen LogP contribution in [-0.4, -0.2) is 21.6 Å². The number of nitro groups is 1. The zero-order chi connectivity index (χ0) is 27.8. The molecule has 10 heteroatoms. The van der Waals surface area contributed by atoms with Gasteiger partial charge in [0.05, 0.1) is 32.9 Å². The van der Waals surface area contributed by atoms with Gasteiger partial charge in [0.25, 0.3) is 11.2 Å². The van der Waals surface area contributed by atoms with Crippen molar-refractivity contribution in [2.75, 3.05) is 0 Å². The summed E-state index contributed by atoms with van der Waals surface area (Å²) in [5.41, 5.74) is 2.70. The van der Waals surface area contributed by atoms with Gasteiger partial charge in [0.2, 0.25) is 0 Å². The van der Waals surface area contributed by atoms with Crippen molar-refractivity contribution in [3.8, 4) is 11.3 Å². The van der Waals surface area contributed by atoms with Crippen molar-refractivity contribution in [2.24, 2.45) is 4.99 Å². The first-order valence-electron chi connectivity index (χ1n) is 12.3. The van der Waals surface area contributed by atoms with Gasteiger partial charge in [-0.1, -0.05) is 41.7 Å². The second-order valence-electron chi connectivity index (χ2n) is 9.40. The summed E-state index contributed by atoms with van der Waals surface area (Å²) in [6.45, 7) is 7.07. The quantitative estimate of drug-likeness (QED) is 0.198. The van der Waals surface area contributed by atoms with E-state index in [1.54, 1.807) is 52.0 Å². The molecule has 0 aliphatic carbocycles. The first kappa shape index (κ1) is 26.1. The number of benzene rings is 2. The Hall–Kier alpha value is -4.57. The highest BCUT2D eigenvalue weighted by atomic mass is 32.1. The van der Waals surface area contributed by atoms with E-state index < -0.39 is 16.9 Å². The van der Waals surface area contributed by atoms with Crippen molar-refractivity contribution < 1.29 is 18.9 Å². The minimum atomic E-state index is -0.689. The third kappa shape index (κ3) is 4.98. The van der Waals surface area contributed by atoms with Crippen molar-refractivity contribution in [3.05, 3.63) is 119 Å². The van der Waals surface area contributed by atoms with Gasteiger partial charge in [0.1, 0.15) is 11.5 Å². The predicted octanol–water partition coefficient (Wildman–Crippen LogP) is 4.66. The lowest BCUT2D eigenvalue weighted by Gasteiger charge is -2.25. The van der Waals surface area contributed by atoms with E-state index in [1.165, 1.54) is 28.0 Å². The van der Waals surface area contributed by atoms with E-state index in [0.717, 1.165) is 11.1 Å². The molecule has 39 heavy (non-hydrogen) atoms. The molecule has 0 spiro atoms. The first-order valence-corrected chi connectivity index (χ1v) is 13.1. The lowest BCUT2D eigenvalue weighted by Crippen LogP contribution is -2.40. The molecule has 1 aliphatic rings. The lowest BCUT2D eigenvalue weighted by molar-refractivity contribution is -0.384. The van der Waals surface area contributed by atoms with Crippen LogP contribution in [0.15, 0.2) is 86.1 Å². The van der Waals surface area contributed by atoms with Gasteiger partial charge in [-0.05, 0) is 57.0 Å². The van der Waals surface area contributed by atoms with Gasteiger partial charge >= 0.3 is 5.97 Å². The minimum absolute atomic E-state index is 0.00375. The van der Waals surface area contributed by atoms with E-state index in [0.29, 0.717) is 37.7 Å². The third-order valence-corrected chi connectivity index (χ3v) is 7.27. The average Bonchev–Trinajstić information content (AvgIpc) is 3.47. The average molecular weight is 544 g/mol. The number of thiazole rings is 1. The molecule has 1 atom stereocenters. The molecule has 0 amide bonds. The van der Waals surface area contributed by atoms with Gasteiger partial charge in [0, 0.05) is 23.8 Å². The molecule has 9 nitrogen and oxygen atoms in total. The minimum Gasteiger partial charge on any atom is -0.459 e. The van der Waals surface area contributed by atoms with E-state index in [-0.39, 0.29) is 17.4 Å². The summed E-state index contributed by atoms with van der Waals surface area (Å²) in [5, 5.41) is 11.1. The number of aryl methyl sites for hydroxylation is 1. The summed E-state index contributed by atoms with van der Waals surface area (Å²) in [6, 6.07) is 16.7. The van der Waals surface area contributed by atoms with Gasteiger partial charge in [0.15, 0.2) is 4.80 Å². The second-order valence-corrected chi connectivity index (χ2v) is 10.4. The molecule has 4 aromatic rings. The molecule has 0 saturated carbocycles. The summed E-state index contributed by atoms with van der Waals surface area (Å²) in [7, 11) is 0. The number of nitro benzene ring substituents is 1. The van der Waals surface area contributed by atoms with Gasteiger partial charge in [-0.25, -0.2) is 9.79 Å². The summed E-state index contributed by atoms with van der Waals surface area (Å²) < 4.78 is 13.4. The van der Waals surface area contributed by atoms with Crippen LogP contribution < -0.4 is 14.9 Å². The van der Waals surface area contributed by atoms with Gasteiger partial charge in [-0.2, -0.15) is 0 Å². The first-order chi connectivity index (χ1) is 18.6. The molecule has 3 heterocycles. The number of hydrogen-bond acceptors (Lipinski definition) is 8. The Balaban J connectivity index is 1.60. The molecule has 2 aromatic heterocycles. The maximum Gasteiger partial charge on any atom is 0.338 e. The van der Waals surface area contributed by atoms with Gasteiger partial charge < -0.3 is 9.15 Å². The molecule has 0 N–H and O–H groups in total. The fourth-order valence-electron chi connectivity index (χ4n) is 4.55. The van der Waals surface area contributed by atoms with E-state index in [2.05, 4.69) is 4.99 Å². The molecule has 0 fully saturated rings. The van der Waals surface area contributed by atoms with Crippen molar-refractivity contribution in [1.82, 2.24) is 4.57 Å². The third-order valence-electron chi connectivity index (χ3n) is 6.29. The van der Waals surface area contributed by atoms with Crippen LogP contribution in [0.4, 0.5) is 5.69 Å². The largest absolute Gasteiger partial charge is 0.459 e. The van der Waals surface area contributed by atoms with Crippen molar-refractivity contribution in [1.29, 1.82) is 0 Å². The highest BCUT2D eigenvalue weighted by molar-refractivity contribution is 7.07. The van der Waals surface area contributed by atoms with E-state index in [9.17, 15) is 19.7 Å². The summed E-state index contributed by atoms with van der Waals surface area (Å²) >= 11 is 1.21. The van der Waals surface area contributed by atoms with Crippen LogP contribution >= 0.6 is 11.3 Å². The molecular weight excluding hydrogens is 518 g/mol. The van der Waals surface area contributed by atoms with Gasteiger partial charge in [-0.3, -0.25) is 19.5 Å². The zero-order valence-corrected chi connectivity index (χ0v) is 22.5. The van der Waals surface area contributed by atoms with E-state index >= 15 is 0 Å². The van der Waals surface area contributed by atoms with Crippen molar-refractivity contribution in [3.63, 3.8) is 0 Å². The topological polar surface area (TPSA) is 117 Å². The number of hydrogen-bond donors (Lipinski definition) is 0. The molecule has 0 bridgehead atoms. The van der Waals surface area contributed by atoms with Crippen LogP contribution in [0.1, 0.15) is 43.7 Å². The smallest absolute Gasteiger partial charge is 0.338 e. The van der Waals surface area contributed by atoms with Crippen LogP contribution in [0.5, 0.6) is 0 Å². The Morgan fingerprint density at radius 2 is 1.90 bits per heavy atom. The number of furan rings is 1. The Bertz CT molecular complexity index is 1810. The summed E-state index contributed by atoms with van der Waals surface area (Å²) in [4.78, 5) is 42.6. The Labute approximate surface area is 227 Å². The Kier molecular flexibility index (Phi) is 6.88. The maximum absolute atomic E-state index is 13.7. The zero-order valence-electron chi connectivity index (χ0n) is 21.7. The summed E-state index contributed by atoms with van der Waals surface area (Å²) in [6.07, 6.45) is 1.31. The maximum atomic E-state index is 13.7. The van der Waals surface area contributed by atoms with Crippen molar-refractivity contribution in [2.45, 2.75) is 39.8 Å². The molecule has 1 aliphatic heterocycles. The molecule has 1 unspecified atom stereocenters. The highest BCUT2D eigenvalue weighted by Crippen LogP contribution is 2.31. The van der Waals surface area contributed by atoms with E-state index in [4.69, 9.17) is 9.15 Å². The molecule has 0 saturated heterocycles. The number of rotatable bonds is 6. The van der Waals surface area contributed by atoms with Crippen LogP contribution in [-0.2, 0) is 9.53 Å². The normalized spacial score (nSPS) is 15.3. The number of fused-ring (bicyclic) bond motifs is 1. The monoisotopic (exact) mass is 543 g/mol.